The Hall–Kier alpha value is -2.87. The average Bonchev–Trinajstić information content (AvgIpc) is 3.13. The first-order valence-corrected chi connectivity index (χ1v) is 13.2. The van der Waals surface area contributed by atoms with Gasteiger partial charge in [0, 0.05) is 36.8 Å². The number of aryl methyl sites for hydroxylation is 1. The third kappa shape index (κ3) is 6.35. The van der Waals surface area contributed by atoms with Crippen molar-refractivity contribution in [3.8, 4) is 5.75 Å². The highest BCUT2D eigenvalue weighted by molar-refractivity contribution is 6.46. The number of carbonyl (C=O) groups excluding carboxylic acids is 2. The highest BCUT2D eigenvalue weighted by Gasteiger charge is 2.46. The normalized spacial score (nSPS) is 20.1. The molecule has 0 bridgehead atoms. The summed E-state index contributed by atoms with van der Waals surface area (Å²) in [4.78, 5) is 30.4. The van der Waals surface area contributed by atoms with Crippen LogP contribution in [0.5, 0.6) is 5.75 Å². The minimum absolute atomic E-state index is 0.0950. The lowest BCUT2D eigenvalue weighted by atomic mass is 9.94. The Morgan fingerprint density at radius 2 is 1.81 bits per heavy atom. The largest absolute Gasteiger partial charge is 0.507 e. The van der Waals surface area contributed by atoms with E-state index in [2.05, 4.69) is 18.7 Å². The van der Waals surface area contributed by atoms with Crippen molar-refractivity contribution < 1.29 is 24.2 Å². The van der Waals surface area contributed by atoms with Crippen LogP contribution in [0.2, 0.25) is 5.02 Å². The summed E-state index contributed by atoms with van der Waals surface area (Å²) in [5.41, 5.74) is 2.08. The number of aliphatic hydroxyl groups excluding tert-OH is 1. The second-order valence-corrected chi connectivity index (χ2v) is 10.5. The average molecular weight is 527 g/mol. The monoisotopic (exact) mass is 526 g/mol. The lowest BCUT2D eigenvalue weighted by Crippen LogP contribution is -2.38. The molecule has 2 fully saturated rings. The van der Waals surface area contributed by atoms with Gasteiger partial charge in [-0.05, 0) is 60.7 Å². The second kappa shape index (κ2) is 12.1. The molecule has 2 aromatic carbocycles. The summed E-state index contributed by atoms with van der Waals surface area (Å²) in [7, 11) is 0. The van der Waals surface area contributed by atoms with Crippen molar-refractivity contribution in [2.75, 3.05) is 46.0 Å². The first-order valence-electron chi connectivity index (χ1n) is 12.8. The molecule has 0 unspecified atom stereocenters. The molecule has 1 amide bonds. The predicted molar refractivity (Wildman–Crippen MR) is 144 cm³/mol. The fraction of sp³-hybridized carbons (Fsp3) is 0.448. The molecule has 2 aliphatic heterocycles. The zero-order valence-electron chi connectivity index (χ0n) is 21.7. The van der Waals surface area contributed by atoms with Crippen molar-refractivity contribution in [3.05, 3.63) is 69.8 Å². The Kier molecular flexibility index (Phi) is 8.90. The van der Waals surface area contributed by atoms with Crippen molar-refractivity contribution >= 4 is 29.1 Å². The maximum absolute atomic E-state index is 13.3. The van der Waals surface area contributed by atoms with Crippen LogP contribution in [0.1, 0.15) is 43.0 Å². The van der Waals surface area contributed by atoms with Gasteiger partial charge >= 0.3 is 0 Å². The number of hydrogen-bond acceptors (Lipinski definition) is 6. The number of amides is 1. The van der Waals surface area contributed by atoms with Crippen molar-refractivity contribution in [3.63, 3.8) is 0 Å². The number of Topliss-reactive ketones (excluding diaryl/α,β-unsaturated/α-hetero) is 1. The van der Waals surface area contributed by atoms with Crippen LogP contribution in [0.4, 0.5) is 0 Å². The number of nitrogens with zero attached hydrogens (tertiary/aromatic N) is 2. The number of morpholine rings is 1. The van der Waals surface area contributed by atoms with E-state index in [1.54, 1.807) is 41.3 Å². The Balaban J connectivity index is 1.65. The minimum atomic E-state index is -0.696. The number of aliphatic hydroxyl groups is 1. The number of hydrogen-bond donors (Lipinski definition) is 1. The molecule has 7 nitrogen and oxygen atoms in total. The molecule has 4 rings (SSSR count). The highest BCUT2D eigenvalue weighted by atomic mass is 35.5. The maximum atomic E-state index is 13.3. The summed E-state index contributed by atoms with van der Waals surface area (Å²) < 4.78 is 11.2. The number of ketones is 1. The smallest absolute Gasteiger partial charge is 0.295 e. The van der Waals surface area contributed by atoms with E-state index in [1.165, 1.54) is 0 Å². The topological polar surface area (TPSA) is 79.3 Å². The fourth-order valence-corrected chi connectivity index (χ4v) is 4.92. The van der Waals surface area contributed by atoms with Crippen LogP contribution < -0.4 is 4.74 Å². The number of likely N-dealkylation sites (tertiary alicyclic amines) is 1. The number of halogens is 1. The van der Waals surface area contributed by atoms with Crippen molar-refractivity contribution in [1.29, 1.82) is 0 Å². The van der Waals surface area contributed by atoms with Gasteiger partial charge in [-0.1, -0.05) is 37.6 Å². The van der Waals surface area contributed by atoms with E-state index in [1.807, 2.05) is 13.0 Å². The molecule has 1 atom stereocenters. The first-order chi connectivity index (χ1) is 17.8. The van der Waals surface area contributed by atoms with Gasteiger partial charge in [0.05, 0.1) is 31.4 Å². The van der Waals surface area contributed by atoms with Crippen LogP contribution in [0.3, 0.4) is 0 Å². The van der Waals surface area contributed by atoms with Crippen LogP contribution >= 0.6 is 11.6 Å². The van der Waals surface area contributed by atoms with E-state index in [0.29, 0.717) is 55.0 Å². The van der Waals surface area contributed by atoms with Gasteiger partial charge in [-0.3, -0.25) is 14.5 Å². The van der Waals surface area contributed by atoms with Gasteiger partial charge < -0.3 is 19.5 Å². The molecular formula is C29H35ClN2O5. The van der Waals surface area contributed by atoms with Gasteiger partial charge in [0.2, 0.25) is 0 Å². The molecule has 0 spiro atoms. The molecule has 2 heterocycles. The van der Waals surface area contributed by atoms with Gasteiger partial charge in [-0.2, -0.15) is 0 Å². The van der Waals surface area contributed by atoms with Gasteiger partial charge in [0.1, 0.15) is 11.5 Å². The van der Waals surface area contributed by atoms with Crippen LogP contribution in [-0.2, 0) is 14.3 Å². The Bertz CT molecular complexity index is 1160. The fourth-order valence-electron chi connectivity index (χ4n) is 4.79. The van der Waals surface area contributed by atoms with Crippen molar-refractivity contribution in [1.82, 2.24) is 9.80 Å². The van der Waals surface area contributed by atoms with E-state index < -0.39 is 17.7 Å². The molecule has 2 saturated heterocycles. The number of benzene rings is 2. The van der Waals surface area contributed by atoms with Crippen LogP contribution in [0, 0.1) is 12.8 Å². The molecule has 198 valence electrons. The molecule has 37 heavy (non-hydrogen) atoms. The van der Waals surface area contributed by atoms with E-state index >= 15 is 0 Å². The summed E-state index contributed by atoms with van der Waals surface area (Å²) in [6.07, 6.45) is 0.706. The Labute approximate surface area is 223 Å². The van der Waals surface area contributed by atoms with E-state index in [0.717, 1.165) is 30.8 Å². The third-order valence-electron chi connectivity index (χ3n) is 6.74. The number of carbonyl (C=O) groups is 2. The summed E-state index contributed by atoms with van der Waals surface area (Å²) in [6, 6.07) is 11.7. The summed E-state index contributed by atoms with van der Waals surface area (Å²) in [5.74, 6) is -0.379. The standard InChI is InChI=1S/C29H35ClN2O5/c1-19(2)18-37-23-9-10-24(20(3)17-23)27(33)25-26(21-5-7-22(30)8-6-21)32(29(35)28(25)34)12-4-11-31-13-15-36-16-14-31/h5-10,17,19,26,33H,4,11-16,18H2,1-3H3/b27-25+/t26-/m1/s1. The molecule has 8 heteroatoms. The lowest BCUT2D eigenvalue weighted by Gasteiger charge is -2.29. The molecule has 1 N–H and O–H groups in total. The Morgan fingerprint density at radius 3 is 2.46 bits per heavy atom. The quantitative estimate of drug-likeness (QED) is 0.286. The van der Waals surface area contributed by atoms with E-state index in [4.69, 9.17) is 21.1 Å². The van der Waals surface area contributed by atoms with E-state index in [-0.39, 0.29) is 11.3 Å². The van der Waals surface area contributed by atoms with Crippen LogP contribution in [-0.4, -0.2) is 72.6 Å². The molecule has 0 saturated carbocycles. The zero-order valence-corrected chi connectivity index (χ0v) is 22.5. The van der Waals surface area contributed by atoms with Crippen LogP contribution in [0.15, 0.2) is 48.0 Å². The maximum Gasteiger partial charge on any atom is 0.295 e. The molecule has 0 radical (unpaired) electrons. The Morgan fingerprint density at radius 1 is 1.11 bits per heavy atom. The first kappa shape index (κ1) is 27.2. The molecule has 0 aromatic heterocycles. The molecule has 2 aliphatic rings. The summed E-state index contributed by atoms with van der Waals surface area (Å²) in [6.45, 7) is 10.9. The SMILES string of the molecule is Cc1cc(OCC(C)C)ccc1/C(O)=C1\C(=O)C(=O)N(CCCN2CCOCC2)[C@@H]1c1ccc(Cl)cc1. The number of ether oxygens (including phenoxy) is 2. The third-order valence-corrected chi connectivity index (χ3v) is 6.99. The molecule has 0 aliphatic carbocycles. The zero-order chi connectivity index (χ0) is 26.5. The molecular weight excluding hydrogens is 492 g/mol. The van der Waals surface area contributed by atoms with E-state index in [9.17, 15) is 14.7 Å². The van der Waals surface area contributed by atoms with Gasteiger partial charge in [-0.25, -0.2) is 0 Å². The summed E-state index contributed by atoms with van der Waals surface area (Å²) in [5, 5.41) is 12.0. The van der Waals surface area contributed by atoms with Gasteiger partial charge in [-0.15, -0.1) is 0 Å². The second-order valence-electron chi connectivity index (χ2n) is 10.0. The van der Waals surface area contributed by atoms with Gasteiger partial charge in [0.15, 0.2) is 0 Å². The van der Waals surface area contributed by atoms with Crippen LogP contribution in [0.25, 0.3) is 5.76 Å². The van der Waals surface area contributed by atoms with Crippen molar-refractivity contribution in [2.45, 2.75) is 33.2 Å². The molecule has 2 aromatic rings. The highest BCUT2D eigenvalue weighted by Crippen LogP contribution is 2.40. The summed E-state index contributed by atoms with van der Waals surface area (Å²) >= 11 is 6.12. The van der Waals surface area contributed by atoms with Gasteiger partial charge in [0.25, 0.3) is 11.7 Å². The predicted octanol–water partition coefficient (Wildman–Crippen LogP) is 4.83. The van der Waals surface area contributed by atoms with Crippen molar-refractivity contribution in [2.24, 2.45) is 5.92 Å². The lowest BCUT2D eigenvalue weighted by molar-refractivity contribution is -0.140. The minimum Gasteiger partial charge on any atom is -0.507 e. The number of rotatable bonds is 9.